The Morgan fingerprint density at radius 3 is 2.56 bits per heavy atom. The Morgan fingerprint density at radius 2 is 2.06 bits per heavy atom. The largest absolute Gasteiger partial charge is 0.238 e. The van der Waals surface area contributed by atoms with Crippen molar-refractivity contribution in [3.8, 4) is 11.4 Å². The first-order valence-electron chi connectivity index (χ1n) is 5.30. The van der Waals surface area contributed by atoms with E-state index in [1.165, 1.54) is 6.07 Å². The summed E-state index contributed by atoms with van der Waals surface area (Å²) < 4.78 is 23.2. The Bertz CT molecular complexity index is 649. The van der Waals surface area contributed by atoms with E-state index in [0.29, 0.717) is 5.56 Å². The van der Waals surface area contributed by atoms with Crippen molar-refractivity contribution in [2.24, 2.45) is 5.14 Å². The minimum absolute atomic E-state index is 0.00935. The first-order valence-corrected chi connectivity index (χ1v) is 6.85. The van der Waals surface area contributed by atoms with E-state index in [1.54, 1.807) is 6.07 Å². The van der Waals surface area contributed by atoms with E-state index in [9.17, 15) is 8.42 Å². The number of nitrogens with two attached hydrogens (primary N) is 1. The number of hydrogen-bond acceptors (Lipinski definition) is 5. The van der Waals surface area contributed by atoms with Crippen molar-refractivity contribution >= 4 is 10.0 Å². The van der Waals surface area contributed by atoms with Gasteiger partial charge in [0, 0.05) is 5.56 Å². The van der Waals surface area contributed by atoms with Crippen molar-refractivity contribution in [1.29, 1.82) is 0 Å². The molecule has 0 bridgehead atoms. The molecule has 0 aliphatic heterocycles. The average Bonchev–Trinajstić information content (AvgIpc) is 2.79. The maximum absolute atomic E-state index is 11.6. The summed E-state index contributed by atoms with van der Waals surface area (Å²) in [5.41, 5.74) is 1.21. The van der Waals surface area contributed by atoms with Crippen LogP contribution in [0.3, 0.4) is 0 Å². The van der Waals surface area contributed by atoms with E-state index in [1.807, 2.05) is 19.9 Å². The van der Waals surface area contributed by atoms with E-state index < -0.39 is 10.0 Å². The van der Waals surface area contributed by atoms with Gasteiger partial charge in [-0.25, -0.2) is 13.6 Å². The van der Waals surface area contributed by atoms with E-state index in [0.717, 1.165) is 5.56 Å². The number of tetrazole rings is 1. The summed E-state index contributed by atoms with van der Waals surface area (Å²) in [4.78, 5) is 0.00935. The highest BCUT2D eigenvalue weighted by molar-refractivity contribution is 7.89. The highest BCUT2D eigenvalue weighted by atomic mass is 32.2. The zero-order valence-electron chi connectivity index (χ0n) is 9.95. The first-order chi connectivity index (χ1) is 8.41. The Kier molecular flexibility index (Phi) is 3.14. The van der Waals surface area contributed by atoms with E-state index >= 15 is 0 Å². The molecule has 8 heteroatoms. The predicted molar refractivity (Wildman–Crippen MR) is 65.1 cm³/mol. The Morgan fingerprint density at radius 1 is 1.33 bits per heavy atom. The molecule has 0 spiro atoms. The number of aromatic amines is 1. The molecule has 1 heterocycles. The Hall–Kier alpha value is -1.80. The SMILES string of the molecule is CC(C)c1cccc(S(N)(=O)=O)c1-c1nn[nH]n1. The molecule has 1 aromatic carbocycles. The number of primary sulfonamides is 1. The smallest absolute Gasteiger partial charge is 0.225 e. The van der Waals surface area contributed by atoms with Crippen LogP contribution in [-0.2, 0) is 10.0 Å². The molecule has 0 atom stereocenters. The quantitative estimate of drug-likeness (QED) is 0.846. The standard InChI is InChI=1S/C10H13N5O2S/c1-6(2)7-4-3-5-8(18(11,16)17)9(7)10-12-14-15-13-10/h3-6H,1-2H3,(H2,11,16,17)(H,12,13,14,15). The van der Waals surface area contributed by atoms with Crippen LogP contribution in [0.2, 0.25) is 0 Å². The molecule has 2 rings (SSSR count). The van der Waals surface area contributed by atoms with Crippen molar-refractivity contribution in [1.82, 2.24) is 20.6 Å². The summed E-state index contributed by atoms with van der Waals surface area (Å²) in [6.07, 6.45) is 0. The van der Waals surface area contributed by atoms with Crippen LogP contribution in [0.1, 0.15) is 25.3 Å². The third kappa shape index (κ3) is 2.24. The zero-order chi connectivity index (χ0) is 13.3. The molecule has 96 valence electrons. The fourth-order valence-corrected chi connectivity index (χ4v) is 2.54. The third-order valence-electron chi connectivity index (χ3n) is 2.56. The van der Waals surface area contributed by atoms with Crippen LogP contribution in [-0.4, -0.2) is 29.0 Å². The van der Waals surface area contributed by atoms with Crippen molar-refractivity contribution < 1.29 is 8.42 Å². The van der Waals surface area contributed by atoms with E-state index in [-0.39, 0.29) is 16.6 Å². The number of aromatic nitrogens is 4. The summed E-state index contributed by atoms with van der Waals surface area (Å²) in [5, 5.41) is 18.6. The van der Waals surface area contributed by atoms with Gasteiger partial charge in [0.15, 0.2) is 0 Å². The number of hydrogen-bond donors (Lipinski definition) is 2. The summed E-state index contributed by atoms with van der Waals surface area (Å²) in [6, 6.07) is 4.91. The lowest BCUT2D eigenvalue weighted by Crippen LogP contribution is -2.15. The normalized spacial score (nSPS) is 12.0. The van der Waals surface area contributed by atoms with Crippen LogP contribution in [0.15, 0.2) is 23.1 Å². The van der Waals surface area contributed by atoms with E-state index in [4.69, 9.17) is 5.14 Å². The van der Waals surface area contributed by atoms with Gasteiger partial charge < -0.3 is 0 Å². The predicted octanol–water partition coefficient (Wildman–Crippen LogP) is 0.638. The number of benzene rings is 1. The van der Waals surface area contributed by atoms with Gasteiger partial charge in [-0.15, -0.1) is 10.2 Å². The van der Waals surface area contributed by atoms with Crippen molar-refractivity contribution in [3.05, 3.63) is 23.8 Å². The molecule has 0 amide bonds. The lowest BCUT2D eigenvalue weighted by atomic mass is 9.97. The summed E-state index contributed by atoms with van der Waals surface area (Å²) >= 11 is 0. The minimum Gasteiger partial charge on any atom is -0.225 e. The maximum atomic E-state index is 11.6. The van der Waals surface area contributed by atoms with Gasteiger partial charge >= 0.3 is 0 Å². The molecule has 0 aliphatic rings. The van der Waals surface area contributed by atoms with Crippen LogP contribution in [0, 0.1) is 0 Å². The topological polar surface area (TPSA) is 115 Å². The number of nitrogens with zero attached hydrogens (tertiary/aromatic N) is 3. The number of rotatable bonds is 3. The first kappa shape index (κ1) is 12.7. The van der Waals surface area contributed by atoms with Gasteiger partial charge in [0.1, 0.15) is 0 Å². The molecule has 1 aromatic heterocycles. The molecule has 0 saturated heterocycles. The van der Waals surface area contributed by atoms with Crippen molar-refractivity contribution in [2.45, 2.75) is 24.7 Å². The van der Waals surface area contributed by atoms with Crippen molar-refractivity contribution in [3.63, 3.8) is 0 Å². The molecule has 7 nitrogen and oxygen atoms in total. The fourth-order valence-electron chi connectivity index (χ4n) is 1.77. The number of H-pyrrole nitrogens is 1. The summed E-state index contributed by atoms with van der Waals surface area (Å²) in [5.74, 6) is 0.337. The zero-order valence-corrected chi connectivity index (χ0v) is 10.8. The van der Waals surface area contributed by atoms with Crippen LogP contribution in [0.25, 0.3) is 11.4 Å². The van der Waals surface area contributed by atoms with Gasteiger partial charge in [-0.1, -0.05) is 26.0 Å². The van der Waals surface area contributed by atoms with Crippen LogP contribution in [0.5, 0.6) is 0 Å². The van der Waals surface area contributed by atoms with Gasteiger partial charge in [0.05, 0.1) is 4.90 Å². The fraction of sp³-hybridized carbons (Fsp3) is 0.300. The Labute approximate surface area is 104 Å². The van der Waals surface area contributed by atoms with Crippen LogP contribution in [0.4, 0.5) is 0 Å². The van der Waals surface area contributed by atoms with Gasteiger partial charge in [0.25, 0.3) is 0 Å². The van der Waals surface area contributed by atoms with Gasteiger partial charge in [0.2, 0.25) is 15.8 Å². The van der Waals surface area contributed by atoms with Crippen molar-refractivity contribution in [2.75, 3.05) is 0 Å². The molecular formula is C10H13N5O2S. The molecule has 3 N–H and O–H groups in total. The highest BCUT2D eigenvalue weighted by Crippen LogP contribution is 2.31. The second-order valence-electron chi connectivity index (χ2n) is 4.16. The maximum Gasteiger partial charge on any atom is 0.238 e. The van der Waals surface area contributed by atoms with Crippen LogP contribution >= 0.6 is 0 Å². The monoisotopic (exact) mass is 267 g/mol. The lowest BCUT2D eigenvalue weighted by Gasteiger charge is -2.13. The third-order valence-corrected chi connectivity index (χ3v) is 3.51. The number of sulfonamides is 1. The average molecular weight is 267 g/mol. The van der Waals surface area contributed by atoms with E-state index in [2.05, 4.69) is 20.6 Å². The summed E-state index contributed by atoms with van der Waals surface area (Å²) in [6.45, 7) is 3.90. The molecule has 0 unspecified atom stereocenters. The second kappa shape index (κ2) is 4.46. The highest BCUT2D eigenvalue weighted by Gasteiger charge is 2.22. The summed E-state index contributed by atoms with van der Waals surface area (Å²) in [7, 11) is -3.84. The molecule has 0 radical (unpaired) electrons. The van der Waals surface area contributed by atoms with Gasteiger partial charge in [-0.05, 0) is 22.8 Å². The lowest BCUT2D eigenvalue weighted by molar-refractivity contribution is 0.597. The van der Waals surface area contributed by atoms with Crippen LogP contribution < -0.4 is 5.14 Å². The second-order valence-corrected chi connectivity index (χ2v) is 5.69. The van der Waals surface area contributed by atoms with Gasteiger partial charge in [-0.2, -0.15) is 5.21 Å². The molecular weight excluding hydrogens is 254 g/mol. The molecule has 0 fully saturated rings. The Balaban J connectivity index is 2.81. The number of nitrogens with one attached hydrogen (secondary N) is 1. The minimum atomic E-state index is -3.84. The molecule has 18 heavy (non-hydrogen) atoms. The molecule has 2 aromatic rings. The molecule has 0 saturated carbocycles. The molecule has 0 aliphatic carbocycles. The van der Waals surface area contributed by atoms with Gasteiger partial charge in [-0.3, -0.25) is 0 Å².